The Morgan fingerprint density at radius 3 is 2.74 bits per heavy atom. The molecule has 6 rings (SSSR count). The highest BCUT2D eigenvalue weighted by Gasteiger charge is 2.45. The van der Waals surface area contributed by atoms with Crippen molar-refractivity contribution in [2.24, 2.45) is 11.8 Å². The molecule has 226 valence electrons. The molecule has 3 heterocycles. The molecule has 2 saturated carbocycles. The molecule has 0 bridgehead atoms. The molecule has 0 radical (unpaired) electrons. The van der Waals surface area contributed by atoms with E-state index in [-0.39, 0.29) is 47.7 Å². The van der Waals surface area contributed by atoms with E-state index >= 15 is 0 Å². The highest BCUT2D eigenvalue weighted by Crippen LogP contribution is 2.41. The number of hydrogen-bond donors (Lipinski definition) is 4. The maximum Gasteiger partial charge on any atom is 0.237 e. The van der Waals surface area contributed by atoms with Crippen molar-refractivity contribution in [3.05, 3.63) is 59.2 Å². The van der Waals surface area contributed by atoms with Gasteiger partial charge < -0.3 is 15.4 Å². The summed E-state index contributed by atoms with van der Waals surface area (Å²) < 4.78 is 20.4. The second kappa shape index (κ2) is 11.9. The number of rotatable bonds is 8. The number of pyridine rings is 1. The van der Waals surface area contributed by atoms with Gasteiger partial charge in [0.25, 0.3) is 0 Å². The summed E-state index contributed by atoms with van der Waals surface area (Å²) in [5.74, 6) is 0.394. The SMILES string of the molecule is COc1cccc(F)c1CN1C[C@H](NC(=O)C2CCC3NNC(c4ccnc(C)c4)C3C2)CC[C@H]1C(=O)NC1(C)CC1. The fourth-order valence-corrected chi connectivity index (χ4v) is 7.12. The third kappa shape index (κ3) is 6.16. The lowest BCUT2D eigenvalue weighted by Crippen LogP contribution is -2.58. The van der Waals surface area contributed by atoms with Gasteiger partial charge in [-0.1, -0.05) is 6.07 Å². The Bertz CT molecular complexity index is 1320. The molecule has 42 heavy (non-hydrogen) atoms. The normalized spacial score (nSPS) is 30.3. The Labute approximate surface area is 247 Å². The van der Waals surface area contributed by atoms with E-state index in [1.165, 1.54) is 18.7 Å². The van der Waals surface area contributed by atoms with Crippen LogP contribution in [0.3, 0.4) is 0 Å². The van der Waals surface area contributed by atoms with Crippen molar-refractivity contribution < 1.29 is 18.7 Å². The third-order valence-corrected chi connectivity index (χ3v) is 9.82. The summed E-state index contributed by atoms with van der Waals surface area (Å²) >= 11 is 0. The Morgan fingerprint density at radius 1 is 1.14 bits per heavy atom. The topological polar surface area (TPSA) is 108 Å². The van der Waals surface area contributed by atoms with Gasteiger partial charge in [-0.2, -0.15) is 0 Å². The molecule has 2 aliphatic heterocycles. The molecular weight excluding hydrogens is 535 g/mol. The zero-order chi connectivity index (χ0) is 29.4. The number of fused-ring (bicyclic) bond motifs is 1. The lowest BCUT2D eigenvalue weighted by Gasteiger charge is -2.40. The molecule has 2 amide bonds. The maximum atomic E-state index is 14.9. The average molecular weight is 579 g/mol. The van der Waals surface area contributed by atoms with Crippen LogP contribution in [0.25, 0.3) is 0 Å². The van der Waals surface area contributed by atoms with Crippen LogP contribution in [0.1, 0.15) is 74.7 Å². The van der Waals surface area contributed by atoms with Gasteiger partial charge in [-0.25, -0.2) is 9.82 Å². The van der Waals surface area contributed by atoms with Crippen LogP contribution in [0.4, 0.5) is 4.39 Å². The fraction of sp³-hybridized carbons (Fsp3) is 0.594. The maximum absolute atomic E-state index is 14.9. The Hall–Kier alpha value is -3.08. The molecule has 1 aromatic carbocycles. The molecule has 4 aliphatic rings. The number of carbonyl (C=O) groups is 2. The van der Waals surface area contributed by atoms with Gasteiger partial charge in [-0.3, -0.25) is 24.9 Å². The van der Waals surface area contributed by atoms with Gasteiger partial charge in [-0.15, -0.1) is 0 Å². The van der Waals surface area contributed by atoms with E-state index in [9.17, 15) is 14.0 Å². The van der Waals surface area contributed by atoms with Crippen molar-refractivity contribution in [3.8, 4) is 5.75 Å². The van der Waals surface area contributed by atoms with Crippen LogP contribution in [0, 0.1) is 24.6 Å². The number of nitrogens with zero attached hydrogens (tertiary/aromatic N) is 2. The molecule has 1 aromatic heterocycles. The molecular formula is C32H43FN6O3. The standard InChI is InChI=1S/C32H43FN6O3/c1-19-15-20(11-14-34-19)29-23-16-21(7-9-26(23)37-38-29)30(40)35-22-8-10-27(31(41)36-32(2)12-13-32)39(17-22)18-24-25(33)5-4-6-28(24)42-3/h4-6,11,14-15,21-23,26-27,29,37-38H,7-10,12-13,16-18H2,1-3H3,(H,35,40)(H,36,41)/t21?,22-,23?,26?,27+,29?/m1/s1. The van der Waals surface area contributed by atoms with Crippen molar-refractivity contribution in [1.29, 1.82) is 0 Å². The molecule has 4 N–H and O–H groups in total. The second-order valence-corrected chi connectivity index (χ2v) is 13.0. The minimum atomic E-state index is -0.393. The van der Waals surface area contributed by atoms with Gasteiger partial charge in [-0.05, 0) is 94.5 Å². The lowest BCUT2D eigenvalue weighted by atomic mass is 9.74. The van der Waals surface area contributed by atoms with E-state index in [1.807, 2.05) is 18.0 Å². The van der Waals surface area contributed by atoms with E-state index in [1.54, 1.807) is 12.1 Å². The first kappa shape index (κ1) is 29.0. The number of hydrogen-bond acceptors (Lipinski definition) is 7. The Kier molecular flexibility index (Phi) is 8.22. The summed E-state index contributed by atoms with van der Waals surface area (Å²) in [5.41, 5.74) is 9.39. The number of benzene rings is 1. The Balaban J connectivity index is 1.13. The number of hydrazine groups is 1. The van der Waals surface area contributed by atoms with Gasteiger partial charge in [0.1, 0.15) is 11.6 Å². The van der Waals surface area contributed by atoms with Crippen LogP contribution in [0.15, 0.2) is 36.5 Å². The van der Waals surface area contributed by atoms with Crippen molar-refractivity contribution in [2.45, 2.75) is 95.0 Å². The molecule has 10 heteroatoms. The smallest absolute Gasteiger partial charge is 0.237 e. The first-order valence-corrected chi connectivity index (χ1v) is 15.3. The summed E-state index contributed by atoms with van der Waals surface area (Å²) in [4.78, 5) is 33.4. The lowest BCUT2D eigenvalue weighted by molar-refractivity contribution is -0.130. The number of carbonyl (C=O) groups excluding carboxylic acids is 2. The zero-order valence-electron chi connectivity index (χ0n) is 24.8. The highest BCUT2D eigenvalue weighted by atomic mass is 19.1. The van der Waals surface area contributed by atoms with E-state index < -0.39 is 6.04 Å². The number of ether oxygens (including phenoxy) is 1. The quantitative estimate of drug-likeness (QED) is 0.381. The van der Waals surface area contributed by atoms with Crippen LogP contribution in [0.2, 0.25) is 0 Å². The van der Waals surface area contributed by atoms with Crippen molar-refractivity contribution in [2.75, 3.05) is 13.7 Å². The predicted molar refractivity (Wildman–Crippen MR) is 157 cm³/mol. The first-order chi connectivity index (χ1) is 20.2. The van der Waals surface area contributed by atoms with Gasteiger partial charge in [0.2, 0.25) is 11.8 Å². The van der Waals surface area contributed by atoms with E-state index in [0.717, 1.165) is 37.8 Å². The second-order valence-electron chi connectivity index (χ2n) is 13.0. The van der Waals surface area contributed by atoms with E-state index in [0.29, 0.717) is 42.7 Å². The summed E-state index contributed by atoms with van der Waals surface area (Å²) in [6, 6.07) is 8.92. The van der Waals surface area contributed by atoms with Crippen molar-refractivity contribution >= 4 is 11.8 Å². The molecule has 2 aliphatic carbocycles. The van der Waals surface area contributed by atoms with Crippen molar-refractivity contribution in [1.82, 2.24) is 31.4 Å². The molecule has 4 fully saturated rings. The van der Waals surface area contributed by atoms with Gasteiger partial charge in [0.05, 0.1) is 19.2 Å². The number of nitrogens with one attached hydrogen (secondary N) is 4. The average Bonchev–Trinajstić information content (AvgIpc) is 3.54. The minimum Gasteiger partial charge on any atom is -0.496 e. The van der Waals surface area contributed by atoms with Crippen LogP contribution in [-0.4, -0.2) is 59.0 Å². The Morgan fingerprint density at radius 2 is 1.98 bits per heavy atom. The molecule has 4 unspecified atom stereocenters. The van der Waals surface area contributed by atoms with Crippen LogP contribution >= 0.6 is 0 Å². The number of aryl methyl sites for hydroxylation is 1. The van der Waals surface area contributed by atoms with E-state index in [4.69, 9.17) is 4.74 Å². The summed E-state index contributed by atoms with van der Waals surface area (Å²) in [5, 5.41) is 6.52. The van der Waals surface area contributed by atoms with Crippen LogP contribution < -0.4 is 26.2 Å². The predicted octanol–water partition coefficient (Wildman–Crippen LogP) is 3.29. The van der Waals surface area contributed by atoms with E-state index in [2.05, 4.69) is 45.5 Å². The molecule has 6 atom stereocenters. The monoisotopic (exact) mass is 578 g/mol. The fourth-order valence-electron chi connectivity index (χ4n) is 7.12. The minimum absolute atomic E-state index is 0.0213. The summed E-state index contributed by atoms with van der Waals surface area (Å²) in [7, 11) is 1.53. The first-order valence-electron chi connectivity index (χ1n) is 15.3. The van der Waals surface area contributed by atoms with Crippen LogP contribution in [-0.2, 0) is 16.1 Å². The zero-order valence-corrected chi connectivity index (χ0v) is 24.8. The number of aromatic nitrogens is 1. The third-order valence-electron chi connectivity index (χ3n) is 9.82. The number of likely N-dealkylation sites (tertiary alicyclic amines) is 1. The largest absolute Gasteiger partial charge is 0.496 e. The molecule has 0 spiro atoms. The molecule has 2 saturated heterocycles. The number of halogens is 1. The van der Waals surface area contributed by atoms with Gasteiger partial charge in [0, 0.05) is 54.1 Å². The van der Waals surface area contributed by atoms with Gasteiger partial charge >= 0.3 is 0 Å². The summed E-state index contributed by atoms with van der Waals surface area (Å²) in [6.07, 6.45) is 7.65. The summed E-state index contributed by atoms with van der Waals surface area (Å²) in [6.45, 7) is 4.76. The van der Waals surface area contributed by atoms with Crippen LogP contribution in [0.5, 0.6) is 5.75 Å². The molecule has 9 nitrogen and oxygen atoms in total. The highest BCUT2D eigenvalue weighted by molar-refractivity contribution is 5.83. The van der Waals surface area contributed by atoms with Gasteiger partial charge in [0.15, 0.2) is 0 Å². The molecule has 2 aromatic rings. The number of amides is 2. The number of methoxy groups -OCH3 is 1. The van der Waals surface area contributed by atoms with Crippen molar-refractivity contribution in [3.63, 3.8) is 0 Å². The number of piperidine rings is 1.